The minimum atomic E-state index is -0.962. The number of aliphatic carboxylic acids is 1. The van der Waals surface area contributed by atoms with Crippen LogP contribution in [0, 0.1) is 0 Å². The topological polar surface area (TPSA) is 58.6 Å². The number of carboxylic acids is 1. The van der Waals surface area contributed by atoms with Crippen LogP contribution in [0.4, 0.5) is 0 Å². The van der Waals surface area contributed by atoms with Crippen LogP contribution in [0.1, 0.15) is 0 Å². The molecule has 1 atom stereocenters. The van der Waals surface area contributed by atoms with Gasteiger partial charge in [0.2, 0.25) is 0 Å². The average Bonchev–Trinajstić information content (AvgIpc) is 2.71. The second-order valence-corrected chi connectivity index (χ2v) is 3.33. The van der Waals surface area contributed by atoms with Crippen molar-refractivity contribution < 1.29 is 14.6 Å². The van der Waals surface area contributed by atoms with Crippen LogP contribution < -0.4 is 5.32 Å². The Morgan fingerprint density at radius 2 is 2.43 bits per heavy atom. The highest BCUT2D eigenvalue weighted by atomic mass is 16.5. The van der Waals surface area contributed by atoms with Crippen LogP contribution in [0.3, 0.4) is 0 Å². The Morgan fingerprint density at radius 3 is 3.21 bits per heavy atom. The molecule has 2 aliphatic heterocycles. The normalized spacial score (nSPS) is 31.0. The van der Waals surface area contributed by atoms with Crippen LogP contribution in [-0.2, 0) is 9.53 Å². The summed E-state index contributed by atoms with van der Waals surface area (Å²) in [6, 6.07) is 0. The van der Waals surface area contributed by atoms with Crippen molar-refractivity contribution in [1.82, 2.24) is 5.32 Å². The summed E-state index contributed by atoms with van der Waals surface area (Å²) < 4.78 is 5.43. The molecule has 0 aromatic rings. The number of carboxylic acid groups (broad SMARTS) is 1. The molecule has 1 unspecified atom stereocenters. The van der Waals surface area contributed by atoms with Gasteiger partial charge in [-0.3, -0.25) is 0 Å². The van der Waals surface area contributed by atoms with Crippen LogP contribution in [0.2, 0.25) is 0 Å². The molecule has 4 nitrogen and oxygen atoms in total. The van der Waals surface area contributed by atoms with Gasteiger partial charge in [0, 0.05) is 11.8 Å². The third-order valence-corrected chi connectivity index (χ3v) is 2.65. The van der Waals surface area contributed by atoms with Crippen LogP contribution in [0.25, 0.3) is 0 Å². The third kappa shape index (κ3) is 0.630. The molecule has 0 fully saturated rings. The van der Waals surface area contributed by atoms with Crippen LogP contribution in [0.5, 0.6) is 0 Å². The van der Waals surface area contributed by atoms with E-state index in [0.717, 1.165) is 5.70 Å². The molecule has 2 N–H and O–H groups in total. The molecule has 1 spiro atoms. The summed E-state index contributed by atoms with van der Waals surface area (Å²) >= 11 is 0. The lowest BCUT2D eigenvalue weighted by molar-refractivity contribution is -0.132. The second kappa shape index (κ2) is 2.09. The SMILES string of the molecule is O=C(O)C1=COC23C=CC=C2NC=C13. The highest BCUT2D eigenvalue weighted by Crippen LogP contribution is 2.45. The van der Waals surface area contributed by atoms with E-state index in [-0.39, 0.29) is 5.57 Å². The first-order chi connectivity index (χ1) is 6.74. The van der Waals surface area contributed by atoms with Gasteiger partial charge >= 0.3 is 5.97 Å². The molecule has 0 saturated heterocycles. The average molecular weight is 189 g/mol. The van der Waals surface area contributed by atoms with Gasteiger partial charge < -0.3 is 15.2 Å². The predicted octanol–water partition coefficient (Wildman–Crippen LogP) is 0.665. The van der Waals surface area contributed by atoms with Gasteiger partial charge in [0.05, 0.1) is 5.70 Å². The van der Waals surface area contributed by atoms with Crippen molar-refractivity contribution in [2.45, 2.75) is 5.60 Å². The minimum Gasteiger partial charge on any atom is -0.479 e. The van der Waals surface area contributed by atoms with E-state index in [2.05, 4.69) is 5.32 Å². The summed E-state index contributed by atoms with van der Waals surface area (Å²) in [7, 11) is 0. The van der Waals surface area contributed by atoms with E-state index < -0.39 is 11.6 Å². The summed E-state index contributed by atoms with van der Waals surface area (Å²) in [5.74, 6) is -0.962. The zero-order valence-corrected chi connectivity index (χ0v) is 7.15. The van der Waals surface area contributed by atoms with Gasteiger partial charge in [0.1, 0.15) is 11.8 Å². The Balaban J connectivity index is 2.12. The Kier molecular flexibility index (Phi) is 1.11. The smallest absolute Gasteiger partial charge is 0.339 e. The van der Waals surface area contributed by atoms with Crippen molar-refractivity contribution in [1.29, 1.82) is 0 Å². The highest BCUT2D eigenvalue weighted by molar-refractivity contribution is 5.94. The van der Waals surface area contributed by atoms with Gasteiger partial charge in [0.15, 0.2) is 5.60 Å². The maximum absolute atomic E-state index is 10.9. The molecule has 70 valence electrons. The van der Waals surface area contributed by atoms with Gasteiger partial charge in [-0.05, 0) is 12.2 Å². The molecule has 1 aliphatic carbocycles. The van der Waals surface area contributed by atoms with Gasteiger partial charge in [-0.2, -0.15) is 0 Å². The number of carbonyl (C=O) groups is 1. The fourth-order valence-corrected chi connectivity index (χ4v) is 1.97. The number of hydrogen-bond acceptors (Lipinski definition) is 3. The molecular formula is C10H7NO3. The van der Waals surface area contributed by atoms with Gasteiger partial charge in [-0.25, -0.2) is 4.79 Å². The number of nitrogens with one attached hydrogen (secondary N) is 1. The first-order valence-electron chi connectivity index (χ1n) is 4.23. The largest absolute Gasteiger partial charge is 0.479 e. The minimum absolute atomic E-state index is 0.215. The van der Waals surface area contributed by atoms with E-state index in [0.29, 0.717) is 5.57 Å². The zero-order valence-electron chi connectivity index (χ0n) is 7.15. The van der Waals surface area contributed by atoms with Crippen molar-refractivity contribution in [2.24, 2.45) is 0 Å². The molecule has 3 aliphatic rings. The van der Waals surface area contributed by atoms with E-state index in [1.807, 2.05) is 18.2 Å². The Morgan fingerprint density at radius 1 is 1.57 bits per heavy atom. The maximum atomic E-state index is 10.9. The summed E-state index contributed by atoms with van der Waals surface area (Å²) in [6.07, 6.45) is 8.57. The summed E-state index contributed by atoms with van der Waals surface area (Å²) in [5.41, 5.74) is 1.09. The molecule has 0 bridgehead atoms. The fraction of sp³-hybridized carbons (Fsp3) is 0.100. The van der Waals surface area contributed by atoms with Gasteiger partial charge in [0.25, 0.3) is 0 Å². The molecule has 0 radical (unpaired) electrons. The van der Waals surface area contributed by atoms with E-state index in [1.165, 1.54) is 6.26 Å². The van der Waals surface area contributed by atoms with Crippen molar-refractivity contribution in [3.63, 3.8) is 0 Å². The van der Waals surface area contributed by atoms with Crippen molar-refractivity contribution >= 4 is 5.97 Å². The first kappa shape index (κ1) is 7.44. The van der Waals surface area contributed by atoms with Crippen LogP contribution in [-0.4, -0.2) is 16.7 Å². The van der Waals surface area contributed by atoms with Crippen LogP contribution >= 0.6 is 0 Å². The molecule has 3 rings (SSSR count). The first-order valence-corrected chi connectivity index (χ1v) is 4.23. The molecular weight excluding hydrogens is 182 g/mol. The molecule has 0 aromatic heterocycles. The Labute approximate surface area is 79.9 Å². The van der Waals surface area contributed by atoms with E-state index in [1.54, 1.807) is 6.20 Å². The number of allylic oxidation sites excluding steroid dienone is 2. The molecule has 0 aromatic carbocycles. The predicted molar refractivity (Wildman–Crippen MR) is 48.0 cm³/mol. The summed E-state index contributed by atoms with van der Waals surface area (Å²) in [5, 5.41) is 11.9. The zero-order chi connectivity index (χ0) is 9.76. The number of ether oxygens (including phenoxy) is 1. The summed E-state index contributed by atoms with van der Waals surface area (Å²) in [6.45, 7) is 0. The molecule has 0 saturated carbocycles. The second-order valence-electron chi connectivity index (χ2n) is 3.33. The highest BCUT2D eigenvalue weighted by Gasteiger charge is 2.49. The lowest BCUT2D eigenvalue weighted by atomic mass is 9.93. The quantitative estimate of drug-likeness (QED) is 0.636. The lowest BCUT2D eigenvalue weighted by Crippen LogP contribution is -2.28. The maximum Gasteiger partial charge on any atom is 0.339 e. The van der Waals surface area contributed by atoms with Crippen LogP contribution in [0.15, 0.2) is 47.5 Å². The molecule has 0 amide bonds. The van der Waals surface area contributed by atoms with Gasteiger partial charge in [-0.1, -0.05) is 6.08 Å². The van der Waals surface area contributed by atoms with Gasteiger partial charge in [-0.15, -0.1) is 0 Å². The molecule has 14 heavy (non-hydrogen) atoms. The van der Waals surface area contributed by atoms with Crippen molar-refractivity contribution in [3.8, 4) is 0 Å². The van der Waals surface area contributed by atoms with Crippen molar-refractivity contribution in [2.75, 3.05) is 0 Å². The summed E-state index contributed by atoms with van der Waals surface area (Å²) in [4.78, 5) is 10.9. The fourth-order valence-electron chi connectivity index (χ4n) is 1.97. The third-order valence-electron chi connectivity index (χ3n) is 2.65. The number of hydrogen-bond donors (Lipinski definition) is 2. The van der Waals surface area contributed by atoms with E-state index >= 15 is 0 Å². The molecule has 2 heterocycles. The standard InChI is InChI=1S/C10H7NO3/c12-9(13)6-5-14-10-3-1-2-8(10)11-4-7(6)10/h1-5,11H,(H,12,13). The Hall–Kier alpha value is -1.97. The van der Waals surface area contributed by atoms with Crippen molar-refractivity contribution in [3.05, 3.63) is 47.5 Å². The lowest BCUT2D eigenvalue weighted by Gasteiger charge is -2.20. The van der Waals surface area contributed by atoms with E-state index in [4.69, 9.17) is 9.84 Å². The van der Waals surface area contributed by atoms with E-state index in [9.17, 15) is 4.79 Å². The number of rotatable bonds is 1. The molecule has 4 heteroatoms. The monoisotopic (exact) mass is 189 g/mol. The Bertz CT molecular complexity index is 456.